The van der Waals surface area contributed by atoms with E-state index in [1.165, 1.54) is 14.2 Å². The van der Waals surface area contributed by atoms with Crippen LogP contribution in [-0.4, -0.2) is 59.7 Å². The molecule has 2 aromatic rings. The second-order valence-electron chi connectivity index (χ2n) is 11.7. The van der Waals surface area contributed by atoms with Crippen molar-refractivity contribution in [3.8, 4) is 11.8 Å². The molecule has 0 spiro atoms. The van der Waals surface area contributed by atoms with Gasteiger partial charge in [0, 0.05) is 11.8 Å². The Morgan fingerprint density at radius 2 is 1.60 bits per heavy atom. The molecule has 4 atom stereocenters. The summed E-state index contributed by atoms with van der Waals surface area (Å²) in [6.45, 7) is 8.33. The van der Waals surface area contributed by atoms with Crippen LogP contribution < -0.4 is 9.47 Å². The molecule has 218 valence electrons. The summed E-state index contributed by atoms with van der Waals surface area (Å²) in [7, 11) is 3.06. The van der Waals surface area contributed by atoms with Crippen molar-refractivity contribution in [2.75, 3.05) is 20.8 Å². The first-order valence-corrected chi connectivity index (χ1v) is 14.3. The molecular formula is C31H43N3O6. The molecule has 9 heteroatoms. The van der Waals surface area contributed by atoms with Crippen LogP contribution in [0.4, 0.5) is 0 Å². The van der Waals surface area contributed by atoms with Gasteiger partial charge in [0.15, 0.2) is 5.82 Å². The normalized spacial score (nSPS) is 23.6. The van der Waals surface area contributed by atoms with Crippen molar-refractivity contribution in [3.05, 3.63) is 47.8 Å². The van der Waals surface area contributed by atoms with Crippen molar-refractivity contribution in [2.45, 2.75) is 84.6 Å². The van der Waals surface area contributed by atoms with Crippen LogP contribution >= 0.6 is 0 Å². The standard InChI is InChI=1S/C31H43N3O6/c1-7-39-30(36)27-25(31(2,3)4)28(40-19-22-32-23(37-5)18-24(33-22)38-6)26(20-14-10-8-11-15-20)34(27)29(35)21-16-12-9-13-17-21/h8,10-11,14-15,18,21,25-28H,7,9,12-13,16-17,19H2,1-6H3. The molecule has 1 aromatic heterocycles. The molecule has 4 rings (SSSR count). The van der Waals surface area contributed by atoms with Crippen LogP contribution in [0.3, 0.4) is 0 Å². The lowest BCUT2D eigenvalue weighted by molar-refractivity contribution is -0.158. The molecule has 0 bridgehead atoms. The fourth-order valence-corrected chi connectivity index (χ4v) is 6.26. The van der Waals surface area contributed by atoms with Gasteiger partial charge in [-0.25, -0.2) is 4.79 Å². The highest BCUT2D eigenvalue weighted by Gasteiger charge is 2.59. The Hall–Kier alpha value is -3.20. The minimum absolute atomic E-state index is 0.00579. The number of amides is 1. The van der Waals surface area contributed by atoms with Crippen molar-refractivity contribution >= 4 is 11.9 Å². The number of likely N-dealkylation sites (tertiary alicyclic amines) is 1. The summed E-state index contributed by atoms with van der Waals surface area (Å²) in [5.74, 6) is 0.258. The number of rotatable bonds is 9. The van der Waals surface area contributed by atoms with E-state index >= 15 is 0 Å². The molecule has 2 fully saturated rings. The maximum Gasteiger partial charge on any atom is 0.329 e. The Balaban J connectivity index is 1.81. The lowest BCUT2D eigenvalue weighted by Crippen LogP contribution is -2.49. The summed E-state index contributed by atoms with van der Waals surface area (Å²) in [6, 6.07) is 10.2. The predicted octanol–water partition coefficient (Wildman–Crippen LogP) is 5.14. The fourth-order valence-electron chi connectivity index (χ4n) is 6.26. The highest BCUT2D eigenvalue weighted by molar-refractivity contribution is 5.88. The second kappa shape index (κ2) is 13.0. The maximum atomic E-state index is 14.4. The predicted molar refractivity (Wildman–Crippen MR) is 150 cm³/mol. The van der Waals surface area contributed by atoms with Gasteiger partial charge in [-0.15, -0.1) is 0 Å². The molecule has 1 saturated heterocycles. The number of benzene rings is 1. The molecule has 1 aromatic carbocycles. The summed E-state index contributed by atoms with van der Waals surface area (Å²) in [5, 5.41) is 0. The summed E-state index contributed by atoms with van der Waals surface area (Å²) in [4.78, 5) is 38.8. The van der Waals surface area contributed by atoms with E-state index in [1.807, 2.05) is 30.3 Å². The van der Waals surface area contributed by atoms with E-state index in [1.54, 1.807) is 17.9 Å². The lowest BCUT2D eigenvalue weighted by atomic mass is 9.73. The number of carbonyl (C=O) groups is 2. The van der Waals surface area contributed by atoms with Crippen molar-refractivity contribution in [2.24, 2.45) is 17.3 Å². The van der Waals surface area contributed by atoms with E-state index in [9.17, 15) is 9.59 Å². The van der Waals surface area contributed by atoms with Gasteiger partial charge in [0.1, 0.15) is 12.6 Å². The molecule has 2 heterocycles. The van der Waals surface area contributed by atoms with Crippen LogP contribution in [0.1, 0.15) is 77.2 Å². The quantitative estimate of drug-likeness (QED) is 0.394. The molecule has 9 nitrogen and oxygen atoms in total. The van der Waals surface area contributed by atoms with E-state index in [2.05, 4.69) is 30.7 Å². The molecule has 1 aliphatic carbocycles. The lowest BCUT2D eigenvalue weighted by Gasteiger charge is -2.36. The molecule has 0 radical (unpaired) electrons. The van der Waals surface area contributed by atoms with Gasteiger partial charge in [0.2, 0.25) is 17.7 Å². The number of ether oxygens (including phenoxy) is 4. The monoisotopic (exact) mass is 553 g/mol. The fraction of sp³-hybridized carbons (Fsp3) is 0.613. The van der Waals surface area contributed by atoms with Gasteiger partial charge >= 0.3 is 5.97 Å². The third-order valence-corrected chi connectivity index (χ3v) is 8.03. The topological polar surface area (TPSA) is 100 Å². The average molecular weight is 554 g/mol. The Morgan fingerprint density at radius 3 is 2.15 bits per heavy atom. The van der Waals surface area contributed by atoms with Crippen LogP contribution in [0.5, 0.6) is 11.8 Å². The molecule has 0 N–H and O–H groups in total. The minimum Gasteiger partial charge on any atom is -0.481 e. The van der Waals surface area contributed by atoms with Gasteiger partial charge in [-0.05, 0) is 30.7 Å². The summed E-state index contributed by atoms with van der Waals surface area (Å²) in [5.41, 5.74) is 0.519. The Labute approximate surface area is 237 Å². The third kappa shape index (κ3) is 6.40. The first kappa shape index (κ1) is 29.8. The zero-order valence-corrected chi connectivity index (χ0v) is 24.6. The molecule has 4 unspecified atom stereocenters. The molecule has 2 aliphatic rings. The second-order valence-corrected chi connectivity index (χ2v) is 11.7. The smallest absolute Gasteiger partial charge is 0.329 e. The largest absolute Gasteiger partial charge is 0.481 e. The van der Waals surface area contributed by atoms with Gasteiger partial charge < -0.3 is 23.8 Å². The zero-order valence-electron chi connectivity index (χ0n) is 24.6. The van der Waals surface area contributed by atoms with E-state index in [4.69, 9.17) is 18.9 Å². The SMILES string of the molecule is CCOC(=O)C1C(C(C)(C)C)C(OCc2nc(OC)cc(OC)n2)C(c2ccccc2)N1C(=O)C1CCCCC1. The van der Waals surface area contributed by atoms with Crippen molar-refractivity contribution in [1.82, 2.24) is 14.9 Å². The van der Waals surface area contributed by atoms with Gasteiger partial charge in [-0.3, -0.25) is 4.79 Å². The number of hydrogen-bond acceptors (Lipinski definition) is 8. The van der Waals surface area contributed by atoms with Gasteiger partial charge in [0.05, 0.1) is 39.0 Å². The molecule has 1 saturated carbocycles. The van der Waals surface area contributed by atoms with Crippen molar-refractivity contribution in [3.63, 3.8) is 0 Å². The minimum atomic E-state index is -0.787. The van der Waals surface area contributed by atoms with Gasteiger partial charge in [-0.2, -0.15) is 9.97 Å². The molecule has 40 heavy (non-hydrogen) atoms. The Bertz CT molecular complexity index is 1120. The van der Waals surface area contributed by atoms with Crippen LogP contribution in [0.2, 0.25) is 0 Å². The summed E-state index contributed by atoms with van der Waals surface area (Å²) in [6.07, 6.45) is 4.30. The first-order chi connectivity index (χ1) is 19.2. The van der Waals surface area contributed by atoms with Crippen molar-refractivity contribution < 1.29 is 28.5 Å². The number of esters is 1. The highest BCUT2D eigenvalue weighted by atomic mass is 16.5. The number of aromatic nitrogens is 2. The van der Waals surface area contributed by atoms with Crippen LogP contribution in [0.15, 0.2) is 36.4 Å². The zero-order chi connectivity index (χ0) is 28.9. The number of methoxy groups -OCH3 is 2. The molecular weight excluding hydrogens is 510 g/mol. The third-order valence-electron chi connectivity index (χ3n) is 8.03. The van der Waals surface area contributed by atoms with E-state index in [0.717, 1.165) is 37.7 Å². The van der Waals surface area contributed by atoms with Crippen molar-refractivity contribution in [1.29, 1.82) is 0 Å². The van der Waals surface area contributed by atoms with Crippen LogP contribution in [0.25, 0.3) is 0 Å². The molecule has 1 amide bonds. The first-order valence-electron chi connectivity index (χ1n) is 14.3. The molecule has 1 aliphatic heterocycles. The van der Waals surface area contributed by atoms with E-state index < -0.39 is 29.6 Å². The van der Waals surface area contributed by atoms with Crippen LogP contribution in [-0.2, 0) is 25.7 Å². The maximum absolute atomic E-state index is 14.4. The summed E-state index contributed by atoms with van der Waals surface area (Å²) < 4.78 is 23.0. The van der Waals surface area contributed by atoms with Crippen LogP contribution in [0, 0.1) is 17.3 Å². The summed E-state index contributed by atoms with van der Waals surface area (Å²) >= 11 is 0. The Kier molecular flexibility index (Phi) is 9.66. The van der Waals surface area contributed by atoms with E-state index in [0.29, 0.717) is 17.6 Å². The number of hydrogen-bond donors (Lipinski definition) is 0. The number of carbonyl (C=O) groups excluding carboxylic acids is 2. The number of nitrogens with zero attached hydrogens (tertiary/aromatic N) is 3. The van der Waals surface area contributed by atoms with Gasteiger partial charge in [-0.1, -0.05) is 70.4 Å². The van der Waals surface area contributed by atoms with E-state index in [-0.39, 0.29) is 31.0 Å². The average Bonchev–Trinajstić information content (AvgIpc) is 3.32. The highest BCUT2D eigenvalue weighted by Crippen LogP contribution is 2.51. The Morgan fingerprint density at radius 1 is 0.975 bits per heavy atom. The van der Waals surface area contributed by atoms with Gasteiger partial charge in [0.25, 0.3) is 0 Å².